The predicted molar refractivity (Wildman–Crippen MR) is 107 cm³/mol. The summed E-state index contributed by atoms with van der Waals surface area (Å²) in [6.45, 7) is -0.790. The first-order valence-electron chi connectivity index (χ1n) is 8.84. The molecule has 1 atom stereocenters. The molecular weight excluding hydrogens is 412 g/mol. The van der Waals surface area contributed by atoms with Gasteiger partial charge in [0.25, 0.3) is 11.4 Å². The number of benzene rings is 1. The SMILES string of the molecule is COC(Cc1ccccc1)n1c(=O)n(CC(=O)O)c(=O)c2nc(-c3ncco3)sc21. The summed E-state index contributed by atoms with van der Waals surface area (Å²) in [6, 6.07) is 9.35. The molecule has 3 heterocycles. The van der Waals surface area contributed by atoms with Gasteiger partial charge in [0.1, 0.15) is 23.9 Å². The number of thiazole rings is 1. The van der Waals surface area contributed by atoms with Crippen molar-refractivity contribution < 1.29 is 19.1 Å². The summed E-state index contributed by atoms with van der Waals surface area (Å²) in [5, 5.41) is 9.48. The van der Waals surface area contributed by atoms with Crippen molar-refractivity contribution in [2.45, 2.75) is 19.2 Å². The standard InChI is InChI=1S/C19H16N4O6S/c1-28-12(9-11-5-3-2-4-6-11)23-18-14(17(26)22(19(23)27)10-13(24)25)21-16(30-18)15-20-7-8-29-15/h2-8,12H,9-10H2,1H3,(H,24,25). The summed E-state index contributed by atoms with van der Waals surface area (Å²) >= 11 is 1.05. The molecule has 0 amide bonds. The van der Waals surface area contributed by atoms with Crippen LogP contribution in [0.4, 0.5) is 0 Å². The molecule has 0 fully saturated rings. The number of carbonyl (C=O) groups is 1. The van der Waals surface area contributed by atoms with Gasteiger partial charge >= 0.3 is 11.7 Å². The Hall–Kier alpha value is -3.57. The van der Waals surface area contributed by atoms with E-state index in [0.717, 1.165) is 16.9 Å². The van der Waals surface area contributed by atoms with Crippen LogP contribution < -0.4 is 11.2 Å². The van der Waals surface area contributed by atoms with E-state index in [4.69, 9.17) is 9.15 Å². The van der Waals surface area contributed by atoms with Gasteiger partial charge in [0.2, 0.25) is 0 Å². The zero-order valence-corrected chi connectivity index (χ0v) is 16.5. The Kier molecular flexibility index (Phi) is 5.29. The molecule has 0 saturated carbocycles. The summed E-state index contributed by atoms with van der Waals surface area (Å²) in [5.41, 5.74) is -0.737. The minimum Gasteiger partial charge on any atom is -0.480 e. The summed E-state index contributed by atoms with van der Waals surface area (Å²) < 4.78 is 12.7. The molecule has 0 aliphatic rings. The highest BCUT2D eigenvalue weighted by molar-refractivity contribution is 7.21. The minimum atomic E-state index is -1.32. The number of methoxy groups -OCH3 is 1. The average Bonchev–Trinajstić information content (AvgIpc) is 3.41. The van der Waals surface area contributed by atoms with E-state index >= 15 is 0 Å². The zero-order chi connectivity index (χ0) is 21.3. The Morgan fingerprint density at radius 1 is 1.30 bits per heavy atom. The molecule has 10 nitrogen and oxygen atoms in total. The van der Waals surface area contributed by atoms with Gasteiger partial charge in [0.05, 0.1) is 6.20 Å². The molecule has 4 rings (SSSR count). The molecule has 4 aromatic rings. The number of carboxylic acids is 1. The summed E-state index contributed by atoms with van der Waals surface area (Å²) in [5.74, 6) is -1.13. The van der Waals surface area contributed by atoms with Crippen LogP contribution in [0.3, 0.4) is 0 Å². The number of nitrogens with zero attached hydrogens (tertiary/aromatic N) is 4. The lowest BCUT2D eigenvalue weighted by Crippen LogP contribution is -2.43. The van der Waals surface area contributed by atoms with Crippen molar-refractivity contribution in [3.8, 4) is 10.9 Å². The smallest absolute Gasteiger partial charge is 0.334 e. The maximum Gasteiger partial charge on any atom is 0.334 e. The molecule has 0 bridgehead atoms. The molecule has 0 aliphatic carbocycles. The van der Waals surface area contributed by atoms with Crippen molar-refractivity contribution in [2.75, 3.05) is 7.11 Å². The van der Waals surface area contributed by atoms with Crippen LogP contribution in [0.5, 0.6) is 0 Å². The molecule has 1 N–H and O–H groups in total. The number of rotatable bonds is 7. The lowest BCUT2D eigenvalue weighted by atomic mass is 10.1. The molecule has 3 aromatic heterocycles. The number of carboxylic acid groups (broad SMARTS) is 1. The fourth-order valence-corrected chi connectivity index (χ4v) is 4.12. The molecular formula is C19H16N4O6S. The highest BCUT2D eigenvalue weighted by atomic mass is 32.1. The first kappa shape index (κ1) is 19.7. The van der Waals surface area contributed by atoms with Crippen LogP contribution in [0, 0.1) is 0 Å². The van der Waals surface area contributed by atoms with E-state index in [1.54, 1.807) is 0 Å². The zero-order valence-electron chi connectivity index (χ0n) is 15.7. The van der Waals surface area contributed by atoms with E-state index in [1.807, 2.05) is 30.3 Å². The van der Waals surface area contributed by atoms with E-state index < -0.39 is 30.0 Å². The number of fused-ring (bicyclic) bond motifs is 1. The van der Waals surface area contributed by atoms with Crippen molar-refractivity contribution >= 4 is 27.7 Å². The Morgan fingerprint density at radius 2 is 2.07 bits per heavy atom. The number of hydrogen-bond donors (Lipinski definition) is 1. The normalized spacial score (nSPS) is 12.3. The second-order valence-electron chi connectivity index (χ2n) is 6.33. The topological polar surface area (TPSA) is 129 Å². The second-order valence-corrected chi connectivity index (χ2v) is 7.31. The van der Waals surface area contributed by atoms with Crippen molar-refractivity contribution in [3.05, 3.63) is 69.2 Å². The number of oxazole rings is 1. The maximum absolute atomic E-state index is 13.1. The molecule has 11 heteroatoms. The fourth-order valence-electron chi connectivity index (χ4n) is 3.09. The highest BCUT2D eigenvalue weighted by Crippen LogP contribution is 2.29. The Labute approximate surface area is 172 Å². The van der Waals surface area contributed by atoms with Crippen LogP contribution >= 0.6 is 11.3 Å². The number of aromatic nitrogens is 4. The van der Waals surface area contributed by atoms with Gasteiger partial charge in [-0.15, -0.1) is 0 Å². The third-order valence-corrected chi connectivity index (χ3v) is 5.48. The summed E-state index contributed by atoms with van der Waals surface area (Å²) in [4.78, 5) is 45.8. The van der Waals surface area contributed by atoms with Crippen molar-refractivity contribution in [1.29, 1.82) is 0 Å². The molecule has 30 heavy (non-hydrogen) atoms. The number of ether oxygens (including phenoxy) is 1. The van der Waals surface area contributed by atoms with Crippen LogP contribution in [0.1, 0.15) is 11.8 Å². The van der Waals surface area contributed by atoms with E-state index in [0.29, 0.717) is 16.0 Å². The first-order chi connectivity index (χ1) is 14.5. The van der Waals surface area contributed by atoms with Gasteiger partial charge in [-0.05, 0) is 5.56 Å². The Bertz CT molecular complexity index is 1310. The van der Waals surface area contributed by atoms with E-state index in [-0.39, 0.29) is 16.2 Å². The van der Waals surface area contributed by atoms with Gasteiger partial charge in [-0.3, -0.25) is 14.2 Å². The van der Waals surface area contributed by atoms with E-state index in [1.165, 1.54) is 24.1 Å². The van der Waals surface area contributed by atoms with Crippen LogP contribution in [0.2, 0.25) is 0 Å². The van der Waals surface area contributed by atoms with Gasteiger partial charge in [-0.25, -0.2) is 19.3 Å². The predicted octanol–water partition coefficient (Wildman–Crippen LogP) is 1.75. The van der Waals surface area contributed by atoms with Crippen LogP contribution in [-0.4, -0.2) is 37.3 Å². The Morgan fingerprint density at radius 3 is 2.70 bits per heavy atom. The molecule has 0 spiro atoms. The van der Waals surface area contributed by atoms with Crippen LogP contribution in [-0.2, 0) is 22.5 Å². The average molecular weight is 428 g/mol. The lowest BCUT2D eigenvalue weighted by molar-refractivity contribution is -0.137. The molecule has 0 radical (unpaired) electrons. The van der Waals surface area contributed by atoms with Crippen molar-refractivity contribution in [1.82, 2.24) is 19.1 Å². The molecule has 1 aromatic carbocycles. The monoisotopic (exact) mass is 428 g/mol. The quantitative estimate of drug-likeness (QED) is 0.471. The minimum absolute atomic E-state index is 0.0517. The third kappa shape index (κ3) is 3.55. The molecule has 0 aliphatic heterocycles. The lowest BCUT2D eigenvalue weighted by Gasteiger charge is -2.20. The van der Waals surface area contributed by atoms with E-state index in [2.05, 4.69) is 9.97 Å². The molecule has 154 valence electrons. The maximum atomic E-state index is 13.1. The first-order valence-corrected chi connectivity index (χ1v) is 9.65. The summed E-state index contributed by atoms with van der Waals surface area (Å²) in [7, 11) is 1.44. The highest BCUT2D eigenvalue weighted by Gasteiger charge is 2.25. The van der Waals surface area contributed by atoms with Crippen LogP contribution in [0.15, 0.2) is 56.8 Å². The summed E-state index contributed by atoms with van der Waals surface area (Å²) in [6.07, 6.45) is 2.33. The third-order valence-electron chi connectivity index (χ3n) is 4.43. The van der Waals surface area contributed by atoms with Crippen molar-refractivity contribution in [2.24, 2.45) is 0 Å². The second kappa shape index (κ2) is 8.05. The molecule has 0 saturated heterocycles. The van der Waals surface area contributed by atoms with Gasteiger partial charge < -0.3 is 14.3 Å². The van der Waals surface area contributed by atoms with Gasteiger partial charge in [0.15, 0.2) is 10.5 Å². The van der Waals surface area contributed by atoms with E-state index in [9.17, 15) is 19.5 Å². The number of aliphatic carboxylic acids is 1. The van der Waals surface area contributed by atoms with Gasteiger partial charge in [-0.2, -0.15) is 0 Å². The van der Waals surface area contributed by atoms with Gasteiger partial charge in [-0.1, -0.05) is 41.7 Å². The van der Waals surface area contributed by atoms with Crippen LogP contribution in [0.25, 0.3) is 21.2 Å². The molecule has 1 unspecified atom stereocenters. The number of hydrogen-bond acceptors (Lipinski definition) is 8. The van der Waals surface area contributed by atoms with Gasteiger partial charge in [0, 0.05) is 13.5 Å². The fraction of sp³-hybridized carbons (Fsp3) is 0.211. The Balaban J connectivity index is 1.96. The van der Waals surface area contributed by atoms with Crippen molar-refractivity contribution in [3.63, 3.8) is 0 Å². The largest absolute Gasteiger partial charge is 0.480 e.